The van der Waals surface area contributed by atoms with Gasteiger partial charge in [-0.05, 0) is 49.9 Å². The fourth-order valence-electron chi connectivity index (χ4n) is 4.30. The zero-order valence-electron chi connectivity index (χ0n) is 16.2. The van der Waals surface area contributed by atoms with Gasteiger partial charge in [0.25, 0.3) is 0 Å². The van der Waals surface area contributed by atoms with E-state index in [1.807, 2.05) is 29.2 Å². The lowest BCUT2D eigenvalue weighted by Crippen LogP contribution is -2.48. The summed E-state index contributed by atoms with van der Waals surface area (Å²) in [5.41, 5.74) is 2.20. The monoisotopic (exact) mass is 412 g/mol. The Balaban J connectivity index is 1.50. The highest BCUT2D eigenvalue weighted by Crippen LogP contribution is 2.38. The molecule has 1 saturated heterocycles. The molecule has 2 aliphatic heterocycles. The SMILES string of the molecule is O=C1CCCN1c1ccc(-c2nc3c(c(NC4(CO)CCC4)n2)[S@](=O)CC3)cc1. The molecule has 2 N–H and O–H groups in total. The quantitative estimate of drug-likeness (QED) is 0.782. The van der Waals surface area contributed by atoms with Gasteiger partial charge in [0.15, 0.2) is 5.82 Å². The van der Waals surface area contributed by atoms with Gasteiger partial charge in [-0.1, -0.05) is 0 Å². The molecule has 1 aliphatic carbocycles. The van der Waals surface area contributed by atoms with E-state index < -0.39 is 10.8 Å². The minimum absolute atomic E-state index is 0.0340. The number of anilines is 2. The van der Waals surface area contributed by atoms with Crippen LogP contribution in [0.5, 0.6) is 0 Å². The second-order valence-corrected chi connectivity index (χ2v) is 9.59. The van der Waals surface area contributed by atoms with Crippen LogP contribution in [0.25, 0.3) is 11.4 Å². The zero-order chi connectivity index (χ0) is 20.0. The maximum absolute atomic E-state index is 12.5. The molecule has 1 saturated carbocycles. The Hall–Kier alpha value is -2.32. The molecule has 3 aliphatic rings. The van der Waals surface area contributed by atoms with E-state index in [-0.39, 0.29) is 18.1 Å². The summed E-state index contributed by atoms with van der Waals surface area (Å²) in [6.45, 7) is 0.795. The molecule has 2 fully saturated rings. The minimum atomic E-state index is -1.11. The van der Waals surface area contributed by atoms with Gasteiger partial charge in [0.2, 0.25) is 5.91 Å². The van der Waals surface area contributed by atoms with Gasteiger partial charge in [0.1, 0.15) is 10.7 Å². The molecule has 1 atom stereocenters. The largest absolute Gasteiger partial charge is 0.394 e. The number of carbonyl (C=O) groups is 1. The normalized spacial score (nSPS) is 22.4. The van der Waals surface area contributed by atoms with Gasteiger partial charge in [0.05, 0.1) is 28.6 Å². The van der Waals surface area contributed by atoms with Crippen molar-refractivity contribution in [2.45, 2.75) is 49.0 Å². The highest BCUT2D eigenvalue weighted by molar-refractivity contribution is 7.85. The Labute approximate surface area is 172 Å². The number of nitrogens with zero attached hydrogens (tertiary/aromatic N) is 3. The molecular formula is C21H24N4O3S. The van der Waals surface area contributed by atoms with Crippen LogP contribution in [0.4, 0.5) is 11.5 Å². The first-order chi connectivity index (χ1) is 14.1. The third kappa shape index (κ3) is 3.24. The molecular weight excluding hydrogens is 388 g/mol. The molecule has 0 spiro atoms. The summed E-state index contributed by atoms with van der Waals surface area (Å²) in [6, 6.07) is 7.73. The maximum atomic E-state index is 12.5. The van der Waals surface area contributed by atoms with Crippen LogP contribution in [0.2, 0.25) is 0 Å². The third-order valence-corrected chi connectivity index (χ3v) is 7.65. The van der Waals surface area contributed by atoms with Gasteiger partial charge < -0.3 is 15.3 Å². The molecule has 5 rings (SSSR count). The standard InChI is InChI=1S/C21H24N4O3S/c26-13-21(9-2-10-21)24-20-18-16(8-12-29(18)28)22-19(23-20)14-4-6-15(7-5-14)25-11-1-3-17(25)27/h4-7,26H,1-3,8-13H2,(H,22,23,24)/t29-/m1/s1. The predicted octanol–water partition coefficient (Wildman–Crippen LogP) is 2.26. The predicted molar refractivity (Wildman–Crippen MR) is 111 cm³/mol. The topological polar surface area (TPSA) is 95.4 Å². The van der Waals surface area contributed by atoms with Gasteiger partial charge in [-0.15, -0.1) is 0 Å². The van der Waals surface area contributed by atoms with Crippen LogP contribution in [0, 0.1) is 0 Å². The summed E-state index contributed by atoms with van der Waals surface area (Å²) in [5.74, 6) is 1.89. The summed E-state index contributed by atoms with van der Waals surface area (Å²) in [6.07, 6.45) is 4.99. The number of hydrogen-bond acceptors (Lipinski definition) is 6. The molecule has 0 radical (unpaired) electrons. The van der Waals surface area contributed by atoms with E-state index >= 15 is 0 Å². The second kappa shape index (κ2) is 7.18. The molecule has 0 bridgehead atoms. The van der Waals surface area contributed by atoms with Crippen molar-refractivity contribution in [1.82, 2.24) is 9.97 Å². The Bertz CT molecular complexity index is 983. The number of aryl methyl sites for hydroxylation is 1. The van der Waals surface area contributed by atoms with E-state index in [0.29, 0.717) is 35.1 Å². The molecule has 7 nitrogen and oxygen atoms in total. The van der Waals surface area contributed by atoms with Crippen molar-refractivity contribution >= 4 is 28.2 Å². The summed E-state index contributed by atoms with van der Waals surface area (Å²) >= 11 is 0. The van der Waals surface area contributed by atoms with E-state index in [0.717, 1.165) is 49.2 Å². The van der Waals surface area contributed by atoms with Crippen LogP contribution in [0.3, 0.4) is 0 Å². The number of amides is 1. The molecule has 3 heterocycles. The van der Waals surface area contributed by atoms with Gasteiger partial charge in [-0.25, -0.2) is 9.97 Å². The van der Waals surface area contributed by atoms with Crippen molar-refractivity contribution in [3.8, 4) is 11.4 Å². The zero-order valence-corrected chi connectivity index (χ0v) is 17.0. The second-order valence-electron chi connectivity index (χ2n) is 8.08. The van der Waals surface area contributed by atoms with Crippen LogP contribution in [-0.4, -0.2) is 49.6 Å². The first-order valence-electron chi connectivity index (χ1n) is 10.2. The van der Waals surface area contributed by atoms with Crippen LogP contribution in [-0.2, 0) is 22.0 Å². The molecule has 2 aromatic rings. The number of aliphatic hydroxyl groups is 1. The van der Waals surface area contributed by atoms with Crippen molar-refractivity contribution in [3.63, 3.8) is 0 Å². The Morgan fingerprint density at radius 1 is 1.14 bits per heavy atom. The molecule has 0 unspecified atom stereocenters. The highest BCUT2D eigenvalue weighted by Gasteiger charge is 2.38. The summed E-state index contributed by atoms with van der Waals surface area (Å²) in [4.78, 5) is 23.9. The molecule has 8 heteroatoms. The number of aliphatic hydroxyl groups excluding tert-OH is 1. The lowest BCUT2D eigenvalue weighted by Gasteiger charge is -2.41. The molecule has 152 valence electrons. The summed E-state index contributed by atoms with van der Waals surface area (Å²) in [7, 11) is -1.11. The highest BCUT2D eigenvalue weighted by atomic mass is 32.2. The third-order valence-electron chi connectivity index (χ3n) is 6.20. The van der Waals surface area contributed by atoms with E-state index in [1.54, 1.807) is 0 Å². The van der Waals surface area contributed by atoms with Crippen LogP contribution < -0.4 is 10.2 Å². The van der Waals surface area contributed by atoms with Crippen LogP contribution >= 0.6 is 0 Å². The molecule has 1 aromatic heterocycles. The average Bonchev–Trinajstić information content (AvgIpc) is 3.30. The number of aromatic nitrogens is 2. The van der Waals surface area contributed by atoms with E-state index in [2.05, 4.69) is 10.3 Å². The van der Waals surface area contributed by atoms with Crippen molar-refractivity contribution in [1.29, 1.82) is 0 Å². The molecule has 29 heavy (non-hydrogen) atoms. The fraction of sp³-hybridized carbons (Fsp3) is 0.476. The maximum Gasteiger partial charge on any atom is 0.227 e. The lowest BCUT2D eigenvalue weighted by atomic mass is 9.77. The Morgan fingerprint density at radius 3 is 2.55 bits per heavy atom. The number of carbonyl (C=O) groups excluding carboxylic acids is 1. The lowest BCUT2D eigenvalue weighted by molar-refractivity contribution is -0.117. The van der Waals surface area contributed by atoms with E-state index in [4.69, 9.17) is 4.98 Å². The van der Waals surface area contributed by atoms with Crippen LogP contribution in [0.1, 0.15) is 37.8 Å². The van der Waals surface area contributed by atoms with E-state index in [9.17, 15) is 14.1 Å². The van der Waals surface area contributed by atoms with Gasteiger partial charge in [-0.2, -0.15) is 0 Å². The first-order valence-corrected chi connectivity index (χ1v) is 11.5. The Kier molecular flexibility index (Phi) is 4.63. The molecule has 1 amide bonds. The summed E-state index contributed by atoms with van der Waals surface area (Å²) in [5, 5.41) is 13.2. The van der Waals surface area contributed by atoms with E-state index in [1.165, 1.54) is 0 Å². The van der Waals surface area contributed by atoms with Crippen molar-refractivity contribution < 1.29 is 14.1 Å². The minimum Gasteiger partial charge on any atom is -0.394 e. The van der Waals surface area contributed by atoms with Crippen molar-refractivity contribution in [2.24, 2.45) is 0 Å². The molecule has 1 aromatic carbocycles. The number of benzene rings is 1. The number of hydrogen-bond donors (Lipinski definition) is 2. The fourth-order valence-corrected chi connectivity index (χ4v) is 5.61. The number of rotatable bonds is 5. The van der Waals surface area contributed by atoms with Crippen molar-refractivity contribution in [3.05, 3.63) is 30.0 Å². The number of fused-ring (bicyclic) bond motifs is 1. The van der Waals surface area contributed by atoms with Gasteiger partial charge in [-0.3, -0.25) is 9.00 Å². The summed E-state index contributed by atoms with van der Waals surface area (Å²) < 4.78 is 12.5. The van der Waals surface area contributed by atoms with Gasteiger partial charge >= 0.3 is 0 Å². The first kappa shape index (κ1) is 18.7. The number of nitrogens with one attached hydrogen (secondary N) is 1. The van der Waals surface area contributed by atoms with Crippen molar-refractivity contribution in [2.75, 3.05) is 29.1 Å². The van der Waals surface area contributed by atoms with Crippen LogP contribution in [0.15, 0.2) is 29.2 Å². The Morgan fingerprint density at radius 2 is 1.93 bits per heavy atom. The average molecular weight is 413 g/mol. The van der Waals surface area contributed by atoms with Gasteiger partial charge in [0, 0.05) is 36.4 Å². The smallest absolute Gasteiger partial charge is 0.227 e.